The first kappa shape index (κ1) is 25.2. The van der Waals surface area contributed by atoms with E-state index in [0.717, 1.165) is 0 Å². The standard InChI is InChI=1S/C20H30BN3O6S/c1-18(2,3)28-17(27)23-11-13(21-29-19(4,5)20(6,7)30-21)9-12-10-22-16(31-8)24-14(12)15(25)26/h9-10H,11H2,1-8H3,(H,23,27)(H,25,26). The number of amides is 1. The molecule has 2 N–H and O–H groups in total. The second-order valence-corrected chi connectivity index (χ2v) is 9.90. The number of nitrogens with zero attached hydrogens (tertiary/aromatic N) is 2. The van der Waals surface area contributed by atoms with Gasteiger partial charge in [0.05, 0.1) is 11.2 Å². The summed E-state index contributed by atoms with van der Waals surface area (Å²) in [4.78, 5) is 32.2. The molecule has 1 amide bonds. The highest BCUT2D eigenvalue weighted by Gasteiger charge is 2.52. The third kappa shape index (κ3) is 6.44. The average Bonchev–Trinajstić information content (AvgIpc) is 2.84. The van der Waals surface area contributed by atoms with E-state index in [1.165, 1.54) is 18.0 Å². The number of nitrogens with one attached hydrogen (secondary N) is 1. The largest absolute Gasteiger partial charge is 0.492 e. The van der Waals surface area contributed by atoms with Gasteiger partial charge in [0.1, 0.15) is 5.60 Å². The average molecular weight is 451 g/mol. The van der Waals surface area contributed by atoms with Crippen LogP contribution in [0.25, 0.3) is 6.08 Å². The fourth-order valence-corrected chi connectivity index (χ4v) is 2.98. The number of hydrogen-bond donors (Lipinski definition) is 2. The molecule has 1 fully saturated rings. The Morgan fingerprint density at radius 3 is 2.32 bits per heavy atom. The Labute approximate surface area is 187 Å². The summed E-state index contributed by atoms with van der Waals surface area (Å²) in [6.07, 6.45) is 4.16. The molecule has 1 aromatic rings. The summed E-state index contributed by atoms with van der Waals surface area (Å²) in [5.41, 5.74) is -1.25. The number of aromatic carboxylic acids is 1. The molecule has 11 heteroatoms. The van der Waals surface area contributed by atoms with Gasteiger partial charge in [-0.05, 0) is 60.2 Å². The van der Waals surface area contributed by atoms with Gasteiger partial charge in [0.15, 0.2) is 10.9 Å². The van der Waals surface area contributed by atoms with Crippen molar-refractivity contribution in [2.75, 3.05) is 12.8 Å². The van der Waals surface area contributed by atoms with Crippen LogP contribution in [0, 0.1) is 0 Å². The topological polar surface area (TPSA) is 120 Å². The molecule has 1 aliphatic heterocycles. The van der Waals surface area contributed by atoms with Crippen LogP contribution in [0.15, 0.2) is 16.8 Å². The summed E-state index contributed by atoms with van der Waals surface area (Å²) >= 11 is 1.24. The molecule has 9 nitrogen and oxygen atoms in total. The molecule has 0 aliphatic carbocycles. The van der Waals surface area contributed by atoms with Crippen LogP contribution in [0.1, 0.15) is 64.5 Å². The highest BCUT2D eigenvalue weighted by molar-refractivity contribution is 7.98. The van der Waals surface area contributed by atoms with Crippen molar-refractivity contribution in [1.29, 1.82) is 0 Å². The molecule has 0 atom stereocenters. The molecule has 31 heavy (non-hydrogen) atoms. The molecular formula is C20H30BN3O6S. The van der Waals surface area contributed by atoms with Crippen LogP contribution < -0.4 is 5.32 Å². The predicted molar refractivity (Wildman–Crippen MR) is 119 cm³/mol. The van der Waals surface area contributed by atoms with E-state index in [-0.39, 0.29) is 17.8 Å². The first-order valence-electron chi connectivity index (χ1n) is 9.82. The summed E-state index contributed by atoms with van der Waals surface area (Å²) in [5, 5.41) is 12.6. The van der Waals surface area contributed by atoms with Crippen LogP contribution in [0.3, 0.4) is 0 Å². The Morgan fingerprint density at radius 1 is 1.26 bits per heavy atom. The number of thioether (sulfide) groups is 1. The molecule has 2 heterocycles. The lowest BCUT2D eigenvalue weighted by Crippen LogP contribution is -2.41. The molecule has 1 saturated heterocycles. The fourth-order valence-electron chi connectivity index (χ4n) is 2.64. The Kier molecular flexibility index (Phi) is 7.45. The van der Waals surface area contributed by atoms with E-state index in [0.29, 0.717) is 10.6 Å². The smallest absolute Gasteiger partial charge is 0.476 e. The molecule has 1 aromatic heterocycles. The van der Waals surface area contributed by atoms with Gasteiger partial charge < -0.3 is 24.5 Å². The molecule has 0 unspecified atom stereocenters. The lowest BCUT2D eigenvalue weighted by atomic mass is 9.77. The highest BCUT2D eigenvalue weighted by atomic mass is 32.2. The van der Waals surface area contributed by atoms with Gasteiger partial charge in [0.25, 0.3) is 0 Å². The van der Waals surface area contributed by atoms with Crippen LogP contribution in [0.4, 0.5) is 4.79 Å². The van der Waals surface area contributed by atoms with E-state index in [1.807, 2.05) is 27.7 Å². The maximum atomic E-state index is 12.2. The van der Waals surface area contributed by atoms with Crippen LogP contribution in [-0.2, 0) is 14.0 Å². The minimum Gasteiger partial charge on any atom is -0.476 e. The summed E-state index contributed by atoms with van der Waals surface area (Å²) in [6, 6.07) is 0. The normalized spacial score (nSPS) is 18.1. The first-order valence-corrected chi connectivity index (χ1v) is 11.0. The third-order valence-corrected chi connectivity index (χ3v) is 5.47. The minimum absolute atomic E-state index is 0.0229. The van der Waals surface area contributed by atoms with Crippen molar-refractivity contribution in [3.8, 4) is 0 Å². The molecule has 0 saturated carbocycles. The summed E-state index contributed by atoms with van der Waals surface area (Å²) in [7, 11) is -0.804. The maximum Gasteiger partial charge on any atom is 0.492 e. The zero-order valence-corrected chi connectivity index (χ0v) is 20.0. The zero-order valence-electron chi connectivity index (χ0n) is 19.2. The Bertz CT molecular complexity index is 866. The number of carboxylic acid groups (broad SMARTS) is 1. The van der Waals surface area contributed by atoms with Gasteiger partial charge in [-0.15, -0.1) is 0 Å². The van der Waals surface area contributed by atoms with Crippen LogP contribution in [-0.4, -0.2) is 63.9 Å². The summed E-state index contributed by atoms with van der Waals surface area (Å²) in [5.74, 6) is -1.18. The Morgan fingerprint density at radius 2 is 1.84 bits per heavy atom. The van der Waals surface area contributed by atoms with Gasteiger partial charge in [-0.25, -0.2) is 19.6 Å². The van der Waals surface area contributed by atoms with Crippen molar-refractivity contribution >= 4 is 37.0 Å². The van der Waals surface area contributed by atoms with Gasteiger partial charge in [0.2, 0.25) is 0 Å². The van der Waals surface area contributed by atoms with E-state index < -0.39 is 36.0 Å². The number of carboxylic acids is 1. The van der Waals surface area contributed by atoms with Gasteiger partial charge in [-0.1, -0.05) is 17.8 Å². The van der Waals surface area contributed by atoms with Crippen LogP contribution in [0.2, 0.25) is 0 Å². The van der Waals surface area contributed by atoms with E-state index >= 15 is 0 Å². The summed E-state index contributed by atoms with van der Waals surface area (Å²) in [6.45, 7) is 12.9. The number of carbonyl (C=O) groups excluding carboxylic acids is 1. The van der Waals surface area contributed by atoms with Crippen LogP contribution >= 0.6 is 11.8 Å². The van der Waals surface area contributed by atoms with E-state index in [9.17, 15) is 14.7 Å². The number of alkyl carbamates (subject to hydrolysis) is 1. The van der Waals surface area contributed by atoms with Gasteiger partial charge in [0, 0.05) is 18.3 Å². The number of ether oxygens (including phenoxy) is 1. The second kappa shape index (κ2) is 9.18. The number of carbonyl (C=O) groups is 2. The van der Waals surface area contributed by atoms with E-state index in [1.54, 1.807) is 33.1 Å². The third-order valence-electron chi connectivity index (χ3n) is 4.91. The molecular weight excluding hydrogens is 421 g/mol. The van der Waals surface area contributed by atoms with Crippen molar-refractivity contribution in [2.45, 2.75) is 70.4 Å². The molecule has 170 valence electrons. The Hall–Kier alpha value is -2.11. The molecule has 1 aliphatic rings. The monoisotopic (exact) mass is 451 g/mol. The molecule has 0 aromatic carbocycles. The van der Waals surface area contributed by atoms with Crippen molar-refractivity contribution < 1.29 is 28.7 Å². The quantitative estimate of drug-likeness (QED) is 0.381. The predicted octanol–water partition coefficient (Wildman–Crippen LogP) is 3.44. The number of rotatable bonds is 6. The molecule has 2 rings (SSSR count). The highest BCUT2D eigenvalue weighted by Crippen LogP contribution is 2.38. The first-order chi connectivity index (χ1) is 14.1. The molecule has 0 radical (unpaired) electrons. The van der Waals surface area contributed by atoms with Gasteiger partial charge in [-0.3, -0.25) is 0 Å². The van der Waals surface area contributed by atoms with E-state index in [4.69, 9.17) is 14.0 Å². The van der Waals surface area contributed by atoms with Crippen LogP contribution in [0.5, 0.6) is 0 Å². The van der Waals surface area contributed by atoms with Crippen molar-refractivity contribution in [3.05, 3.63) is 22.9 Å². The van der Waals surface area contributed by atoms with Gasteiger partial charge >= 0.3 is 19.2 Å². The minimum atomic E-state index is -1.18. The SMILES string of the molecule is CSc1ncc(C=C(CNC(=O)OC(C)(C)C)B2OC(C)(C)C(C)(C)O2)c(C(=O)O)n1. The maximum absolute atomic E-state index is 12.2. The van der Waals surface area contributed by atoms with E-state index in [2.05, 4.69) is 15.3 Å². The van der Waals surface area contributed by atoms with Crippen molar-refractivity contribution in [3.63, 3.8) is 0 Å². The fraction of sp³-hybridized carbons (Fsp3) is 0.600. The molecule has 0 bridgehead atoms. The van der Waals surface area contributed by atoms with Gasteiger partial charge in [-0.2, -0.15) is 0 Å². The second-order valence-electron chi connectivity index (χ2n) is 9.13. The van der Waals surface area contributed by atoms with Crippen molar-refractivity contribution in [2.24, 2.45) is 0 Å². The zero-order chi connectivity index (χ0) is 23.6. The number of aromatic nitrogens is 2. The Balaban J connectivity index is 2.41. The van der Waals surface area contributed by atoms with Crippen molar-refractivity contribution in [1.82, 2.24) is 15.3 Å². The summed E-state index contributed by atoms with van der Waals surface area (Å²) < 4.78 is 17.5. The lowest BCUT2D eigenvalue weighted by molar-refractivity contribution is 0.00578. The number of hydrogen-bond acceptors (Lipinski definition) is 8. The molecule has 0 spiro atoms. The lowest BCUT2D eigenvalue weighted by Gasteiger charge is -2.32.